The van der Waals surface area contributed by atoms with Gasteiger partial charge in [0.15, 0.2) is 0 Å². The number of rotatable bonds is 2. The van der Waals surface area contributed by atoms with Crippen LogP contribution in [0, 0.1) is 19.7 Å². The van der Waals surface area contributed by atoms with Crippen LogP contribution in [0.3, 0.4) is 0 Å². The number of halogens is 2. The lowest BCUT2D eigenvalue weighted by molar-refractivity contribution is 0.102. The molecule has 0 bridgehead atoms. The zero-order chi connectivity index (χ0) is 14.9. The fourth-order valence-corrected chi connectivity index (χ4v) is 2.32. The summed E-state index contributed by atoms with van der Waals surface area (Å²) in [6.07, 6.45) is 0. The molecule has 1 amide bonds. The van der Waals surface area contributed by atoms with Crippen LogP contribution in [0.1, 0.15) is 21.5 Å². The van der Waals surface area contributed by atoms with Crippen LogP contribution in [-0.4, -0.2) is 5.91 Å². The van der Waals surface area contributed by atoms with Gasteiger partial charge in [0, 0.05) is 15.7 Å². The van der Waals surface area contributed by atoms with Crippen LogP contribution in [0.4, 0.5) is 15.8 Å². The molecule has 2 aromatic carbocycles. The Kier molecular flexibility index (Phi) is 4.09. The quantitative estimate of drug-likeness (QED) is 0.813. The molecule has 0 heterocycles. The highest BCUT2D eigenvalue weighted by molar-refractivity contribution is 9.10. The first-order valence-corrected chi connectivity index (χ1v) is 6.81. The van der Waals surface area contributed by atoms with Gasteiger partial charge in [-0.15, -0.1) is 0 Å². The number of hydrogen-bond acceptors (Lipinski definition) is 2. The van der Waals surface area contributed by atoms with Crippen LogP contribution in [0.15, 0.2) is 34.8 Å². The van der Waals surface area contributed by atoms with E-state index in [2.05, 4.69) is 21.2 Å². The van der Waals surface area contributed by atoms with E-state index in [1.165, 1.54) is 18.2 Å². The number of anilines is 2. The first-order chi connectivity index (χ1) is 9.38. The highest BCUT2D eigenvalue weighted by Gasteiger charge is 2.11. The average molecular weight is 337 g/mol. The van der Waals surface area contributed by atoms with Gasteiger partial charge in [-0.1, -0.05) is 0 Å². The largest absolute Gasteiger partial charge is 0.398 e. The first-order valence-electron chi connectivity index (χ1n) is 6.01. The molecule has 0 aromatic heterocycles. The number of hydrogen-bond donors (Lipinski definition) is 2. The zero-order valence-corrected chi connectivity index (χ0v) is 12.7. The molecule has 0 saturated heterocycles. The highest BCUT2D eigenvalue weighted by Crippen LogP contribution is 2.28. The zero-order valence-electron chi connectivity index (χ0n) is 11.1. The number of carbonyl (C=O) groups excluding carboxylic acids is 1. The summed E-state index contributed by atoms with van der Waals surface area (Å²) in [4.78, 5) is 12.1. The molecule has 104 valence electrons. The Balaban J connectivity index is 2.27. The van der Waals surface area contributed by atoms with Gasteiger partial charge < -0.3 is 11.1 Å². The molecule has 0 atom stereocenters. The molecule has 3 nitrogen and oxygen atoms in total. The predicted molar refractivity (Wildman–Crippen MR) is 82.4 cm³/mol. The van der Waals surface area contributed by atoms with Crippen LogP contribution >= 0.6 is 15.9 Å². The van der Waals surface area contributed by atoms with Gasteiger partial charge in [0.2, 0.25) is 0 Å². The van der Waals surface area contributed by atoms with Gasteiger partial charge in [0.25, 0.3) is 5.91 Å². The number of nitrogen functional groups attached to an aromatic ring is 1. The Labute approximate surface area is 125 Å². The Morgan fingerprint density at radius 2 is 1.90 bits per heavy atom. The smallest absolute Gasteiger partial charge is 0.255 e. The van der Waals surface area contributed by atoms with Crippen LogP contribution < -0.4 is 11.1 Å². The topological polar surface area (TPSA) is 55.1 Å². The number of nitrogens with two attached hydrogens (primary N) is 1. The Morgan fingerprint density at radius 3 is 2.55 bits per heavy atom. The van der Waals surface area contributed by atoms with Crippen molar-refractivity contribution in [2.45, 2.75) is 13.8 Å². The third kappa shape index (κ3) is 2.99. The van der Waals surface area contributed by atoms with Crippen molar-refractivity contribution in [1.29, 1.82) is 0 Å². The molecular weight excluding hydrogens is 323 g/mol. The maximum atomic E-state index is 13.2. The predicted octanol–water partition coefficient (Wildman–Crippen LogP) is 4.04. The van der Waals surface area contributed by atoms with E-state index in [0.717, 1.165) is 10.0 Å². The van der Waals surface area contributed by atoms with Crippen molar-refractivity contribution in [2.75, 3.05) is 11.1 Å². The van der Waals surface area contributed by atoms with Gasteiger partial charge in [-0.25, -0.2) is 4.39 Å². The van der Waals surface area contributed by atoms with E-state index < -0.39 is 0 Å². The van der Waals surface area contributed by atoms with Crippen molar-refractivity contribution in [3.8, 4) is 0 Å². The van der Waals surface area contributed by atoms with Crippen molar-refractivity contribution in [3.63, 3.8) is 0 Å². The summed E-state index contributed by atoms with van der Waals surface area (Å²) >= 11 is 3.38. The SMILES string of the molecule is Cc1cc(Br)c(NC(=O)c2ccc(F)c(C)c2)cc1N. The monoisotopic (exact) mass is 336 g/mol. The highest BCUT2D eigenvalue weighted by atomic mass is 79.9. The van der Waals surface area contributed by atoms with E-state index in [0.29, 0.717) is 22.5 Å². The second kappa shape index (κ2) is 5.63. The average Bonchev–Trinajstić information content (AvgIpc) is 2.39. The molecule has 2 aromatic rings. The van der Waals surface area contributed by atoms with Crippen molar-refractivity contribution in [1.82, 2.24) is 0 Å². The van der Waals surface area contributed by atoms with Crippen molar-refractivity contribution in [2.24, 2.45) is 0 Å². The number of aryl methyl sites for hydroxylation is 2. The fourth-order valence-electron chi connectivity index (χ4n) is 1.77. The van der Waals surface area contributed by atoms with Crippen LogP contribution in [-0.2, 0) is 0 Å². The molecule has 5 heteroatoms. The minimum atomic E-state index is -0.331. The molecule has 0 unspecified atom stereocenters. The van der Waals surface area contributed by atoms with E-state index in [-0.39, 0.29) is 11.7 Å². The summed E-state index contributed by atoms with van der Waals surface area (Å²) in [5, 5.41) is 2.75. The van der Waals surface area contributed by atoms with Gasteiger partial charge in [-0.2, -0.15) is 0 Å². The number of amides is 1. The second-order valence-electron chi connectivity index (χ2n) is 4.61. The van der Waals surface area contributed by atoms with Crippen molar-refractivity contribution in [3.05, 3.63) is 57.3 Å². The molecule has 0 spiro atoms. The third-order valence-electron chi connectivity index (χ3n) is 3.02. The van der Waals surface area contributed by atoms with Gasteiger partial charge >= 0.3 is 0 Å². The maximum absolute atomic E-state index is 13.2. The summed E-state index contributed by atoms with van der Waals surface area (Å²) in [6, 6.07) is 7.76. The third-order valence-corrected chi connectivity index (χ3v) is 3.68. The van der Waals surface area contributed by atoms with Gasteiger partial charge in [-0.3, -0.25) is 4.79 Å². The first kappa shape index (κ1) is 14.5. The van der Waals surface area contributed by atoms with Crippen molar-refractivity contribution >= 4 is 33.2 Å². The molecule has 0 aliphatic carbocycles. The summed E-state index contributed by atoms with van der Waals surface area (Å²) in [5.41, 5.74) is 8.76. The number of nitrogens with one attached hydrogen (secondary N) is 1. The second-order valence-corrected chi connectivity index (χ2v) is 5.46. The molecule has 0 aliphatic rings. The number of carbonyl (C=O) groups is 1. The van der Waals surface area contributed by atoms with E-state index in [1.807, 2.05) is 13.0 Å². The van der Waals surface area contributed by atoms with Crippen LogP contribution in [0.5, 0.6) is 0 Å². The van der Waals surface area contributed by atoms with E-state index in [1.54, 1.807) is 13.0 Å². The van der Waals surface area contributed by atoms with Crippen LogP contribution in [0.25, 0.3) is 0 Å². The summed E-state index contributed by atoms with van der Waals surface area (Å²) in [6.45, 7) is 3.50. The molecule has 2 rings (SSSR count). The minimum absolute atomic E-state index is 0.308. The fraction of sp³-hybridized carbons (Fsp3) is 0.133. The minimum Gasteiger partial charge on any atom is -0.398 e. The lowest BCUT2D eigenvalue weighted by atomic mass is 10.1. The van der Waals surface area contributed by atoms with E-state index in [9.17, 15) is 9.18 Å². The van der Waals surface area contributed by atoms with Crippen LogP contribution in [0.2, 0.25) is 0 Å². The summed E-state index contributed by atoms with van der Waals surface area (Å²) < 4.78 is 13.9. The van der Waals surface area contributed by atoms with Gasteiger partial charge in [0.1, 0.15) is 5.82 Å². The molecule has 0 aliphatic heterocycles. The molecule has 0 radical (unpaired) electrons. The Hall–Kier alpha value is -1.88. The van der Waals surface area contributed by atoms with Gasteiger partial charge in [0.05, 0.1) is 5.69 Å². The standard InChI is InChI=1S/C15H14BrFN2O/c1-8-5-10(3-4-12(8)17)15(20)19-14-7-13(18)9(2)6-11(14)16/h3-7H,18H2,1-2H3,(H,19,20). The Bertz CT molecular complexity index is 686. The molecule has 0 fully saturated rings. The normalized spacial score (nSPS) is 10.4. The molecule has 20 heavy (non-hydrogen) atoms. The molecule has 3 N–H and O–H groups in total. The molecular formula is C15H14BrFN2O. The Morgan fingerprint density at radius 1 is 1.20 bits per heavy atom. The van der Waals surface area contributed by atoms with Gasteiger partial charge in [-0.05, 0) is 71.2 Å². The molecule has 0 saturated carbocycles. The van der Waals surface area contributed by atoms with Crippen molar-refractivity contribution < 1.29 is 9.18 Å². The lowest BCUT2D eigenvalue weighted by Crippen LogP contribution is -2.13. The van der Waals surface area contributed by atoms with E-state index in [4.69, 9.17) is 5.73 Å². The number of benzene rings is 2. The van der Waals surface area contributed by atoms with E-state index >= 15 is 0 Å². The lowest BCUT2D eigenvalue weighted by Gasteiger charge is -2.10. The maximum Gasteiger partial charge on any atom is 0.255 e. The summed E-state index contributed by atoms with van der Waals surface area (Å²) in [7, 11) is 0. The summed E-state index contributed by atoms with van der Waals surface area (Å²) in [5.74, 6) is -0.639.